The van der Waals surface area contributed by atoms with Gasteiger partial charge in [0.2, 0.25) is 0 Å². The fourth-order valence-electron chi connectivity index (χ4n) is 15.6. The van der Waals surface area contributed by atoms with E-state index in [1.807, 2.05) is 0 Å². The highest BCUT2D eigenvalue weighted by atomic mass is 15.0. The number of nitrogens with zero attached hydrogens (tertiary/aromatic N) is 3. The minimum Gasteiger partial charge on any atom is -0.309 e. The largest absolute Gasteiger partial charge is 0.309 e. The van der Waals surface area contributed by atoms with Crippen molar-refractivity contribution in [2.75, 3.05) is 0 Å². The SMILES string of the molecule is CC(C)Cc1ccc2c(c1)c1cc(CC(C)C)ccc1n2-c1ccc(-c2ccc3c(c2)c2cc(-c4ccc(-n5c6ccc(CC(C)C)cc6c6cc(CC(C)C)ccc65)cc4)ccc2n3-c2ccc(-c3c4ccccc4c(-c4ccccc4)c4ccccc34)cc2)cc1. The smallest absolute Gasteiger partial charge is 0.0541 e. The summed E-state index contributed by atoms with van der Waals surface area (Å²) >= 11 is 0. The van der Waals surface area contributed by atoms with E-state index in [1.54, 1.807) is 0 Å². The van der Waals surface area contributed by atoms with E-state index in [2.05, 4.69) is 330 Å². The third-order valence-electron chi connectivity index (χ3n) is 19.5. The van der Waals surface area contributed by atoms with Crippen molar-refractivity contribution >= 4 is 87.0 Å². The first-order chi connectivity index (χ1) is 45.4. The minimum atomic E-state index is 0.588. The van der Waals surface area contributed by atoms with E-state index in [9.17, 15) is 0 Å². The van der Waals surface area contributed by atoms with Crippen LogP contribution in [0.15, 0.2) is 261 Å². The maximum absolute atomic E-state index is 2.48. The van der Waals surface area contributed by atoms with Gasteiger partial charge in [-0.15, -0.1) is 0 Å². The molecule has 454 valence electrons. The number of fused-ring (bicyclic) bond motifs is 11. The number of hydrogen-bond acceptors (Lipinski definition) is 0. The van der Waals surface area contributed by atoms with Gasteiger partial charge in [0.15, 0.2) is 0 Å². The Hall–Kier alpha value is -10.2. The Morgan fingerprint density at radius 2 is 0.441 bits per heavy atom. The van der Waals surface area contributed by atoms with Crippen molar-refractivity contribution in [1.82, 2.24) is 13.7 Å². The molecule has 3 aromatic heterocycles. The second kappa shape index (κ2) is 23.5. The molecular weight excluding hydrogens is 1120 g/mol. The molecule has 0 unspecified atom stereocenters. The van der Waals surface area contributed by atoms with Crippen LogP contribution in [-0.2, 0) is 25.7 Å². The lowest BCUT2D eigenvalue weighted by Crippen LogP contribution is -1.96. The molecule has 0 amide bonds. The van der Waals surface area contributed by atoms with E-state index in [0.29, 0.717) is 23.7 Å². The summed E-state index contributed by atoms with van der Waals surface area (Å²) in [7, 11) is 0. The van der Waals surface area contributed by atoms with Gasteiger partial charge in [-0.2, -0.15) is 0 Å². The van der Waals surface area contributed by atoms with Gasteiger partial charge < -0.3 is 13.7 Å². The van der Waals surface area contributed by atoms with E-state index in [-0.39, 0.29) is 0 Å². The second-order valence-electron chi connectivity index (χ2n) is 28.1. The van der Waals surface area contributed by atoms with Crippen molar-refractivity contribution in [3.05, 3.63) is 283 Å². The van der Waals surface area contributed by atoms with Gasteiger partial charge in [0.25, 0.3) is 0 Å². The van der Waals surface area contributed by atoms with Crippen LogP contribution in [0.1, 0.15) is 77.6 Å². The molecule has 16 aromatic rings. The van der Waals surface area contributed by atoms with Gasteiger partial charge in [0.1, 0.15) is 0 Å². The van der Waals surface area contributed by atoms with E-state index in [1.165, 1.54) is 165 Å². The summed E-state index contributed by atoms with van der Waals surface area (Å²) in [6.07, 6.45) is 4.26. The molecule has 0 bridgehead atoms. The number of benzene rings is 13. The van der Waals surface area contributed by atoms with Gasteiger partial charge >= 0.3 is 0 Å². The molecule has 0 saturated heterocycles. The molecule has 13 aromatic carbocycles. The molecule has 0 aliphatic rings. The first-order valence-corrected chi connectivity index (χ1v) is 33.9. The summed E-state index contributed by atoms with van der Waals surface area (Å²) in [5.41, 5.74) is 26.1. The predicted molar refractivity (Wildman–Crippen MR) is 400 cm³/mol. The highest BCUT2D eigenvalue weighted by Crippen LogP contribution is 2.46. The third-order valence-corrected chi connectivity index (χ3v) is 19.5. The molecule has 16 rings (SSSR count). The number of aromatic nitrogens is 3. The Morgan fingerprint density at radius 3 is 0.731 bits per heavy atom. The highest BCUT2D eigenvalue weighted by molar-refractivity contribution is 6.22. The maximum atomic E-state index is 2.48. The molecule has 3 heterocycles. The van der Waals surface area contributed by atoms with E-state index < -0.39 is 0 Å². The summed E-state index contributed by atoms with van der Waals surface area (Å²) in [5.74, 6) is 2.35. The summed E-state index contributed by atoms with van der Waals surface area (Å²) in [4.78, 5) is 0. The van der Waals surface area contributed by atoms with Crippen molar-refractivity contribution in [1.29, 1.82) is 0 Å². The highest BCUT2D eigenvalue weighted by Gasteiger charge is 2.22. The standard InChI is InChI=1S/C90H79N3/c1-56(2)46-60-22-40-83-77(50-60)78-51-61(47-57(3)4)23-41-84(78)91(83)70-34-26-64(27-35-70)68-32-44-87-81(54-68)82-55-69(65-28-36-71(37-29-65)92-85-42-24-62(48-58(5)6)52-79(85)80-53-63(49-59(7)8)25-43-86(80)92)33-45-88(82)93(87)72-38-30-67(31-39-72)90-75-20-14-12-18-73(75)89(66-16-10-9-11-17-66)74-19-13-15-21-76(74)90/h9-45,50-59H,46-49H2,1-8H3. The molecular formula is C90H79N3. The lowest BCUT2D eigenvalue weighted by atomic mass is 9.86. The van der Waals surface area contributed by atoms with Crippen LogP contribution in [0, 0.1) is 23.7 Å². The average molecular weight is 1200 g/mol. The van der Waals surface area contributed by atoms with Gasteiger partial charge in [0.05, 0.1) is 33.1 Å². The minimum absolute atomic E-state index is 0.588. The van der Waals surface area contributed by atoms with Crippen LogP contribution in [0.2, 0.25) is 0 Å². The van der Waals surface area contributed by atoms with Crippen LogP contribution in [0.5, 0.6) is 0 Å². The molecule has 0 aliphatic heterocycles. The van der Waals surface area contributed by atoms with Crippen molar-refractivity contribution in [2.24, 2.45) is 23.7 Å². The molecule has 0 aliphatic carbocycles. The molecule has 0 N–H and O–H groups in total. The Labute approximate surface area is 546 Å². The first kappa shape index (κ1) is 57.9. The Morgan fingerprint density at radius 1 is 0.204 bits per heavy atom. The van der Waals surface area contributed by atoms with Crippen LogP contribution < -0.4 is 0 Å². The lowest BCUT2D eigenvalue weighted by molar-refractivity contribution is 0.647. The molecule has 0 atom stereocenters. The molecule has 0 saturated carbocycles. The topological polar surface area (TPSA) is 14.8 Å². The summed E-state index contributed by atoms with van der Waals surface area (Å²) in [6, 6.07) is 99.5. The summed E-state index contributed by atoms with van der Waals surface area (Å²) in [6.45, 7) is 18.5. The van der Waals surface area contributed by atoms with E-state index in [0.717, 1.165) is 31.4 Å². The normalized spacial score (nSPS) is 12.2. The summed E-state index contributed by atoms with van der Waals surface area (Å²) < 4.78 is 7.43. The van der Waals surface area contributed by atoms with Gasteiger partial charge in [-0.05, 0) is 247 Å². The second-order valence-corrected chi connectivity index (χ2v) is 28.1. The zero-order valence-corrected chi connectivity index (χ0v) is 54.8. The van der Waals surface area contributed by atoms with Crippen LogP contribution >= 0.6 is 0 Å². The fraction of sp³-hybridized carbons (Fsp3) is 0.178. The maximum Gasteiger partial charge on any atom is 0.0541 e. The van der Waals surface area contributed by atoms with Crippen molar-refractivity contribution in [2.45, 2.75) is 81.1 Å². The zero-order chi connectivity index (χ0) is 63.2. The lowest BCUT2D eigenvalue weighted by Gasteiger charge is -2.18. The Kier molecular flexibility index (Phi) is 14.6. The Balaban J connectivity index is 0.818. The number of rotatable bonds is 15. The first-order valence-electron chi connectivity index (χ1n) is 33.9. The van der Waals surface area contributed by atoms with E-state index in [4.69, 9.17) is 0 Å². The van der Waals surface area contributed by atoms with Crippen molar-refractivity contribution in [3.63, 3.8) is 0 Å². The van der Waals surface area contributed by atoms with Gasteiger partial charge in [-0.25, -0.2) is 0 Å². The molecule has 3 nitrogen and oxygen atoms in total. The van der Waals surface area contributed by atoms with Crippen LogP contribution in [0.3, 0.4) is 0 Å². The molecule has 0 fully saturated rings. The molecule has 0 radical (unpaired) electrons. The Bertz CT molecular complexity index is 5100. The van der Waals surface area contributed by atoms with Gasteiger partial charge in [-0.1, -0.05) is 207 Å². The van der Waals surface area contributed by atoms with Gasteiger partial charge in [0, 0.05) is 49.4 Å². The van der Waals surface area contributed by atoms with Crippen LogP contribution in [0.4, 0.5) is 0 Å². The van der Waals surface area contributed by atoms with E-state index >= 15 is 0 Å². The average Bonchev–Trinajstić information content (AvgIpc) is 1.11. The molecule has 3 heteroatoms. The molecule has 93 heavy (non-hydrogen) atoms. The monoisotopic (exact) mass is 1200 g/mol. The third kappa shape index (κ3) is 10.4. The predicted octanol–water partition coefficient (Wildman–Crippen LogP) is 24.7. The molecule has 0 spiro atoms. The van der Waals surface area contributed by atoms with Crippen LogP contribution in [0.25, 0.3) is 149 Å². The van der Waals surface area contributed by atoms with Crippen LogP contribution in [-0.4, -0.2) is 13.7 Å². The zero-order valence-electron chi connectivity index (χ0n) is 54.8. The fourth-order valence-corrected chi connectivity index (χ4v) is 15.6. The quantitative estimate of drug-likeness (QED) is 0.0909. The number of hydrogen-bond donors (Lipinski definition) is 0. The van der Waals surface area contributed by atoms with Gasteiger partial charge in [-0.3, -0.25) is 0 Å². The summed E-state index contributed by atoms with van der Waals surface area (Å²) in [5, 5.41) is 12.8. The van der Waals surface area contributed by atoms with Crippen molar-refractivity contribution in [3.8, 4) is 61.6 Å². The van der Waals surface area contributed by atoms with Crippen molar-refractivity contribution < 1.29 is 0 Å².